The van der Waals surface area contributed by atoms with Gasteiger partial charge in [0.1, 0.15) is 0 Å². The SMILES string of the molecule is CCC(C)C(=O)N(C)C(C)CO. The summed E-state index contributed by atoms with van der Waals surface area (Å²) in [7, 11) is 1.73. The molecule has 2 unspecified atom stereocenters. The average Bonchev–Trinajstić information content (AvgIpc) is 2.12. The second-order valence-electron chi connectivity index (χ2n) is 3.29. The summed E-state index contributed by atoms with van der Waals surface area (Å²) < 4.78 is 0. The van der Waals surface area contributed by atoms with Crippen LogP contribution in [0.15, 0.2) is 0 Å². The Morgan fingerprint density at radius 2 is 2.00 bits per heavy atom. The lowest BCUT2D eigenvalue weighted by atomic mass is 10.1. The number of nitrogens with zero attached hydrogens (tertiary/aromatic N) is 1. The van der Waals surface area contributed by atoms with Crippen molar-refractivity contribution in [1.29, 1.82) is 0 Å². The minimum Gasteiger partial charge on any atom is -0.394 e. The summed E-state index contributed by atoms with van der Waals surface area (Å²) in [4.78, 5) is 13.1. The molecular formula is C9H19NO2. The standard InChI is InChI=1S/C9H19NO2/c1-5-7(2)9(12)10(4)8(3)6-11/h7-8,11H,5-6H2,1-4H3. The fourth-order valence-electron chi connectivity index (χ4n) is 0.862. The number of rotatable bonds is 4. The number of aliphatic hydroxyl groups is 1. The van der Waals surface area contributed by atoms with Crippen LogP contribution in [-0.2, 0) is 4.79 Å². The summed E-state index contributed by atoms with van der Waals surface area (Å²) in [6, 6.07) is -0.0773. The van der Waals surface area contributed by atoms with Gasteiger partial charge in [-0.15, -0.1) is 0 Å². The van der Waals surface area contributed by atoms with E-state index in [1.165, 1.54) is 0 Å². The number of carbonyl (C=O) groups excluding carboxylic acids is 1. The summed E-state index contributed by atoms with van der Waals surface area (Å²) in [5.41, 5.74) is 0. The molecule has 0 heterocycles. The minimum absolute atomic E-state index is 0.0265. The van der Waals surface area contributed by atoms with Crippen molar-refractivity contribution in [2.75, 3.05) is 13.7 Å². The molecule has 0 aliphatic rings. The van der Waals surface area contributed by atoms with E-state index in [2.05, 4.69) is 0 Å². The first kappa shape index (κ1) is 11.4. The van der Waals surface area contributed by atoms with Gasteiger partial charge in [0.25, 0.3) is 0 Å². The lowest BCUT2D eigenvalue weighted by molar-refractivity contribution is -0.136. The Bertz CT molecular complexity index is 147. The molecule has 0 aromatic carbocycles. The van der Waals surface area contributed by atoms with E-state index in [1.807, 2.05) is 20.8 Å². The molecule has 72 valence electrons. The first-order valence-electron chi connectivity index (χ1n) is 4.42. The van der Waals surface area contributed by atoms with Crippen molar-refractivity contribution < 1.29 is 9.90 Å². The fourth-order valence-corrected chi connectivity index (χ4v) is 0.862. The Morgan fingerprint density at radius 1 is 1.50 bits per heavy atom. The zero-order valence-corrected chi connectivity index (χ0v) is 8.37. The van der Waals surface area contributed by atoms with Crippen LogP contribution in [-0.4, -0.2) is 35.6 Å². The van der Waals surface area contributed by atoms with Gasteiger partial charge in [0.15, 0.2) is 0 Å². The van der Waals surface area contributed by atoms with Crippen LogP contribution in [0, 0.1) is 5.92 Å². The van der Waals surface area contributed by atoms with Gasteiger partial charge in [-0.2, -0.15) is 0 Å². The summed E-state index contributed by atoms with van der Waals surface area (Å²) in [5.74, 6) is 0.169. The van der Waals surface area contributed by atoms with E-state index in [0.717, 1.165) is 6.42 Å². The number of carbonyl (C=O) groups is 1. The smallest absolute Gasteiger partial charge is 0.225 e. The van der Waals surface area contributed by atoms with Crippen LogP contribution in [0.5, 0.6) is 0 Å². The molecule has 1 N–H and O–H groups in total. The molecule has 1 amide bonds. The van der Waals surface area contributed by atoms with Gasteiger partial charge < -0.3 is 10.0 Å². The topological polar surface area (TPSA) is 40.5 Å². The van der Waals surface area contributed by atoms with Crippen LogP contribution < -0.4 is 0 Å². The van der Waals surface area contributed by atoms with Crippen molar-refractivity contribution in [2.45, 2.75) is 33.2 Å². The Kier molecular flexibility index (Phi) is 4.90. The monoisotopic (exact) mass is 173 g/mol. The Hall–Kier alpha value is -0.570. The highest BCUT2D eigenvalue weighted by molar-refractivity contribution is 5.78. The zero-order chi connectivity index (χ0) is 9.72. The van der Waals surface area contributed by atoms with Gasteiger partial charge in [-0.05, 0) is 13.3 Å². The second-order valence-corrected chi connectivity index (χ2v) is 3.29. The van der Waals surface area contributed by atoms with Crippen molar-refractivity contribution in [3.8, 4) is 0 Å². The number of hydrogen-bond acceptors (Lipinski definition) is 2. The normalized spacial score (nSPS) is 15.4. The Balaban J connectivity index is 4.09. The van der Waals surface area contributed by atoms with Crippen molar-refractivity contribution in [2.24, 2.45) is 5.92 Å². The van der Waals surface area contributed by atoms with Crippen LogP contribution in [0.4, 0.5) is 0 Å². The molecule has 3 heteroatoms. The van der Waals surface area contributed by atoms with Crippen LogP contribution in [0.3, 0.4) is 0 Å². The molecule has 3 nitrogen and oxygen atoms in total. The highest BCUT2D eigenvalue weighted by atomic mass is 16.3. The first-order valence-corrected chi connectivity index (χ1v) is 4.42. The molecule has 0 aromatic heterocycles. The molecule has 12 heavy (non-hydrogen) atoms. The van der Waals surface area contributed by atoms with Gasteiger partial charge in [-0.3, -0.25) is 4.79 Å². The maximum Gasteiger partial charge on any atom is 0.225 e. The van der Waals surface area contributed by atoms with Gasteiger partial charge in [-0.25, -0.2) is 0 Å². The summed E-state index contributed by atoms with van der Waals surface area (Å²) in [5, 5.41) is 8.81. The molecule has 0 saturated carbocycles. The molecular weight excluding hydrogens is 154 g/mol. The van der Waals surface area contributed by atoms with E-state index in [9.17, 15) is 4.79 Å². The molecule has 0 aliphatic carbocycles. The van der Waals surface area contributed by atoms with Gasteiger partial charge in [0.2, 0.25) is 5.91 Å². The molecule has 0 spiro atoms. The van der Waals surface area contributed by atoms with Crippen LogP contribution in [0.2, 0.25) is 0 Å². The quantitative estimate of drug-likeness (QED) is 0.685. The van der Waals surface area contributed by atoms with Gasteiger partial charge in [0, 0.05) is 13.0 Å². The third kappa shape index (κ3) is 2.81. The Morgan fingerprint density at radius 3 is 2.33 bits per heavy atom. The number of hydrogen-bond donors (Lipinski definition) is 1. The van der Waals surface area contributed by atoms with Crippen molar-refractivity contribution in [3.05, 3.63) is 0 Å². The van der Waals surface area contributed by atoms with E-state index >= 15 is 0 Å². The molecule has 2 atom stereocenters. The predicted octanol–water partition coefficient (Wildman–Crippen LogP) is 0.872. The third-order valence-electron chi connectivity index (χ3n) is 2.31. The van der Waals surface area contributed by atoms with E-state index in [1.54, 1.807) is 11.9 Å². The molecule has 0 aromatic rings. The number of likely N-dealkylation sites (N-methyl/N-ethyl adjacent to an activating group) is 1. The predicted molar refractivity (Wildman–Crippen MR) is 48.8 cm³/mol. The van der Waals surface area contributed by atoms with Gasteiger partial charge in [-0.1, -0.05) is 13.8 Å². The molecule has 0 saturated heterocycles. The Labute approximate surface area is 74.4 Å². The highest BCUT2D eigenvalue weighted by Crippen LogP contribution is 2.07. The first-order chi connectivity index (χ1) is 5.54. The average molecular weight is 173 g/mol. The van der Waals surface area contributed by atoms with Crippen molar-refractivity contribution >= 4 is 5.91 Å². The minimum atomic E-state index is -0.0773. The van der Waals surface area contributed by atoms with E-state index in [0.29, 0.717) is 0 Å². The van der Waals surface area contributed by atoms with E-state index < -0.39 is 0 Å². The van der Waals surface area contributed by atoms with Crippen LogP contribution >= 0.6 is 0 Å². The van der Waals surface area contributed by atoms with Crippen molar-refractivity contribution in [1.82, 2.24) is 4.90 Å². The number of aliphatic hydroxyl groups excluding tert-OH is 1. The van der Waals surface area contributed by atoms with Crippen molar-refractivity contribution in [3.63, 3.8) is 0 Å². The lowest BCUT2D eigenvalue weighted by Crippen LogP contribution is -2.40. The largest absolute Gasteiger partial charge is 0.394 e. The maximum atomic E-state index is 11.5. The molecule has 0 radical (unpaired) electrons. The molecule has 0 fully saturated rings. The summed E-state index contributed by atoms with van der Waals surface area (Å²) in [6.45, 7) is 5.75. The highest BCUT2D eigenvalue weighted by Gasteiger charge is 2.19. The zero-order valence-electron chi connectivity index (χ0n) is 8.37. The summed E-state index contributed by atoms with van der Waals surface area (Å²) in [6.07, 6.45) is 0.849. The summed E-state index contributed by atoms with van der Waals surface area (Å²) >= 11 is 0. The second kappa shape index (κ2) is 5.14. The molecule has 0 rings (SSSR count). The van der Waals surface area contributed by atoms with E-state index in [4.69, 9.17) is 5.11 Å². The number of amides is 1. The van der Waals surface area contributed by atoms with Crippen LogP contribution in [0.1, 0.15) is 27.2 Å². The fraction of sp³-hybridized carbons (Fsp3) is 0.889. The lowest BCUT2D eigenvalue weighted by Gasteiger charge is -2.25. The van der Waals surface area contributed by atoms with Gasteiger partial charge in [0.05, 0.1) is 12.6 Å². The molecule has 0 bridgehead atoms. The molecule has 0 aliphatic heterocycles. The van der Waals surface area contributed by atoms with E-state index in [-0.39, 0.29) is 24.5 Å². The maximum absolute atomic E-state index is 11.5. The van der Waals surface area contributed by atoms with Gasteiger partial charge >= 0.3 is 0 Å². The van der Waals surface area contributed by atoms with Crippen LogP contribution in [0.25, 0.3) is 0 Å². The third-order valence-corrected chi connectivity index (χ3v) is 2.31.